The van der Waals surface area contributed by atoms with Crippen LogP contribution in [-0.2, 0) is 16.6 Å². The molecule has 5 rings (SSSR count). The molecule has 0 spiro atoms. The predicted octanol–water partition coefficient (Wildman–Crippen LogP) is 6.90. The molecule has 39 heavy (non-hydrogen) atoms. The van der Waals surface area contributed by atoms with Crippen molar-refractivity contribution in [1.82, 2.24) is 4.90 Å². The monoisotopic (exact) mass is 565 g/mol. The van der Waals surface area contributed by atoms with Gasteiger partial charge in [-0.05, 0) is 47.3 Å². The van der Waals surface area contributed by atoms with Crippen LogP contribution in [0.1, 0.15) is 41.3 Å². The van der Waals surface area contributed by atoms with Gasteiger partial charge in [0.1, 0.15) is 17.2 Å². The molecule has 3 heterocycles. The van der Waals surface area contributed by atoms with Crippen LogP contribution in [0, 0.1) is 5.82 Å². The molecule has 2 aromatic carbocycles. The van der Waals surface area contributed by atoms with Crippen LogP contribution in [0.15, 0.2) is 58.9 Å². The Morgan fingerprint density at radius 1 is 1.15 bits per heavy atom. The van der Waals surface area contributed by atoms with Crippen LogP contribution in [0.5, 0.6) is 5.75 Å². The number of fused-ring (bicyclic) bond motifs is 1. The number of piperidine rings is 1. The summed E-state index contributed by atoms with van der Waals surface area (Å²) in [4.78, 5) is 20.5. The average Bonchev–Trinajstić information content (AvgIpc) is 3.37. The minimum absolute atomic E-state index is 0.00648. The Morgan fingerprint density at radius 2 is 1.85 bits per heavy atom. The van der Waals surface area contributed by atoms with E-state index in [1.807, 2.05) is 0 Å². The molecular formula is C27H24F5N3O3S. The summed E-state index contributed by atoms with van der Waals surface area (Å²) in [6.45, 7) is 0.285. The lowest BCUT2D eigenvalue weighted by Gasteiger charge is -2.45. The number of thiophene rings is 1. The lowest BCUT2D eigenvalue weighted by atomic mass is 9.86. The molecule has 12 heteroatoms. The number of rotatable bonds is 5. The fraction of sp³-hybridized carbons (Fsp3) is 0.333. The average molecular weight is 566 g/mol. The molecule has 1 fully saturated rings. The van der Waals surface area contributed by atoms with Gasteiger partial charge in [-0.25, -0.2) is 13.8 Å². The maximum Gasteiger partial charge on any atom is 0.416 e. The molecular weight excluding hydrogens is 541 g/mol. The number of carbonyl (C=O) groups is 1. The molecule has 2 aliphatic heterocycles. The molecule has 0 bridgehead atoms. The number of carboxylic acid groups (broad SMARTS) is 1. The fourth-order valence-corrected chi connectivity index (χ4v) is 6.00. The highest BCUT2D eigenvalue weighted by atomic mass is 32.1. The van der Waals surface area contributed by atoms with E-state index in [4.69, 9.17) is 9.73 Å². The number of nitrogens with zero attached hydrogens (tertiary/aromatic N) is 3. The Hall–Kier alpha value is -3.67. The predicted molar refractivity (Wildman–Crippen MR) is 137 cm³/mol. The molecule has 3 aromatic rings. The number of halogens is 5. The Labute approximate surface area is 225 Å². The molecule has 0 radical (unpaired) electrons. The van der Waals surface area contributed by atoms with Crippen molar-refractivity contribution in [3.05, 3.63) is 75.7 Å². The molecule has 6 nitrogen and oxygen atoms in total. The van der Waals surface area contributed by atoms with Crippen molar-refractivity contribution in [3.63, 3.8) is 0 Å². The molecule has 0 amide bonds. The van der Waals surface area contributed by atoms with E-state index in [2.05, 4.69) is 0 Å². The summed E-state index contributed by atoms with van der Waals surface area (Å²) >= 11 is 1.26. The first-order chi connectivity index (χ1) is 18.5. The molecule has 0 aliphatic carbocycles. The normalized spacial score (nSPS) is 18.9. The minimum Gasteiger partial charge on any atom is -0.495 e. The van der Waals surface area contributed by atoms with Crippen LogP contribution in [0.3, 0.4) is 0 Å². The van der Waals surface area contributed by atoms with Gasteiger partial charge >= 0.3 is 12.1 Å². The summed E-state index contributed by atoms with van der Waals surface area (Å²) in [6, 6.07) is 9.06. The van der Waals surface area contributed by atoms with Gasteiger partial charge in [0.2, 0.25) is 5.96 Å². The second kappa shape index (κ2) is 10.1. The molecule has 1 unspecified atom stereocenters. The largest absolute Gasteiger partial charge is 0.495 e. The highest BCUT2D eigenvalue weighted by Gasteiger charge is 2.43. The van der Waals surface area contributed by atoms with Gasteiger partial charge in [0.05, 0.1) is 41.4 Å². The zero-order valence-electron chi connectivity index (χ0n) is 20.7. The molecule has 2 aliphatic rings. The van der Waals surface area contributed by atoms with Crippen LogP contribution in [-0.4, -0.2) is 42.1 Å². The minimum atomic E-state index is -4.65. The van der Waals surface area contributed by atoms with Crippen molar-refractivity contribution in [2.45, 2.75) is 37.1 Å². The molecule has 206 valence electrons. The summed E-state index contributed by atoms with van der Waals surface area (Å²) < 4.78 is 75.9. The van der Waals surface area contributed by atoms with Gasteiger partial charge in [0.15, 0.2) is 0 Å². The number of alkyl halides is 4. The summed E-state index contributed by atoms with van der Waals surface area (Å²) in [6.07, 6.45) is -5.03. The number of hydrogen-bond acceptors (Lipinski definition) is 6. The van der Waals surface area contributed by atoms with Gasteiger partial charge in [0, 0.05) is 25.9 Å². The quantitative estimate of drug-likeness (QED) is 0.341. The lowest BCUT2D eigenvalue weighted by molar-refractivity contribution is -0.138. The van der Waals surface area contributed by atoms with Crippen molar-refractivity contribution in [2.24, 2.45) is 4.99 Å². The molecule has 1 aromatic heterocycles. The van der Waals surface area contributed by atoms with E-state index in [1.54, 1.807) is 16.3 Å². The SMILES string of the molecule is COc1ccc(C(F)(F)F)cc1N1C(N2CCC(F)(c3ccc(F)cc3)CC2)=Nc2ccsc2C1CC(=O)O. The van der Waals surface area contributed by atoms with E-state index in [9.17, 15) is 27.5 Å². The maximum absolute atomic E-state index is 15.9. The topological polar surface area (TPSA) is 65.4 Å². The number of aliphatic carboxylic acids is 1. The number of ether oxygens (including phenoxy) is 1. The number of hydrogen-bond donors (Lipinski definition) is 1. The smallest absolute Gasteiger partial charge is 0.416 e. The van der Waals surface area contributed by atoms with Gasteiger partial charge < -0.3 is 14.7 Å². The number of aliphatic imine (C=N–C) groups is 1. The van der Waals surface area contributed by atoms with Crippen molar-refractivity contribution >= 4 is 34.6 Å². The summed E-state index contributed by atoms with van der Waals surface area (Å²) in [5.74, 6) is -1.30. The number of methoxy groups -OCH3 is 1. The van der Waals surface area contributed by atoms with Gasteiger partial charge in [-0.3, -0.25) is 9.69 Å². The van der Waals surface area contributed by atoms with Crippen molar-refractivity contribution in [2.75, 3.05) is 25.1 Å². The van der Waals surface area contributed by atoms with Gasteiger partial charge in [0.25, 0.3) is 0 Å². The first-order valence-corrected chi connectivity index (χ1v) is 13.0. The van der Waals surface area contributed by atoms with E-state index in [0.717, 1.165) is 12.1 Å². The Bertz CT molecular complexity index is 1400. The van der Waals surface area contributed by atoms with Crippen molar-refractivity contribution in [1.29, 1.82) is 0 Å². The number of anilines is 1. The Morgan fingerprint density at radius 3 is 2.46 bits per heavy atom. The standard InChI is InChI=1S/C27H24F5N3O3S/c1-38-22-7-4-17(27(30,31)32)14-20(22)35-21(15-23(36)37)24-19(8-13-39-24)33-25(35)34-11-9-26(29,10-12-34)16-2-5-18(28)6-3-16/h2-8,13-14,21H,9-12,15H2,1H3,(H,36,37). The summed E-state index contributed by atoms with van der Waals surface area (Å²) in [7, 11) is 1.32. The summed E-state index contributed by atoms with van der Waals surface area (Å²) in [5, 5.41) is 11.5. The molecule has 1 atom stereocenters. The number of likely N-dealkylation sites (tertiary alicyclic amines) is 1. The number of carboxylic acids is 1. The third-order valence-corrected chi connectivity index (χ3v) is 8.07. The van der Waals surface area contributed by atoms with Gasteiger partial charge in [-0.1, -0.05) is 12.1 Å². The van der Waals surface area contributed by atoms with Crippen molar-refractivity contribution < 1.29 is 36.6 Å². The molecule has 1 N–H and O–H groups in total. The lowest BCUT2D eigenvalue weighted by Crippen LogP contribution is -2.52. The van der Waals surface area contributed by atoms with E-state index in [-0.39, 0.29) is 43.3 Å². The maximum atomic E-state index is 15.9. The Kier molecular flexibility index (Phi) is 7.00. The molecule has 0 saturated carbocycles. The second-order valence-corrected chi connectivity index (χ2v) is 10.4. The van der Waals surface area contributed by atoms with Crippen molar-refractivity contribution in [3.8, 4) is 5.75 Å². The first-order valence-electron chi connectivity index (χ1n) is 12.1. The fourth-order valence-electron chi connectivity index (χ4n) is 5.08. The second-order valence-electron chi connectivity index (χ2n) is 9.41. The van der Waals surface area contributed by atoms with E-state index in [0.29, 0.717) is 16.1 Å². The van der Waals surface area contributed by atoms with E-state index in [1.165, 1.54) is 53.7 Å². The van der Waals surface area contributed by atoms with Crippen LogP contribution < -0.4 is 9.64 Å². The highest BCUT2D eigenvalue weighted by molar-refractivity contribution is 7.10. The van der Waals surface area contributed by atoms with Crippen LogP contribution in [0.2, 0.25) is 0 Å². The third-order valence-electron chi connectivity index (χ3n) is 7.06. The number of benzene rings is 2. The van der Waals surface area contributed by atoms with Gasteiger partial charge in [-0.2, -0.15) is 13.2 Å². The Balaban J connectivity index is 1.58. The third kappa shape index (κ3) is 5.17. The van der Waals surface area contributed by atoms with E-state index >= 15 is 4.39 Å². The zero-order chi connectivity index (χ0) is 27.9. The molecule has 1 saturated heterocycles. The zero-order valence-corrected chi connectivity index (χ0v) is 21.5. The highest BCUT2D eigenvalue weighted by Crippen LogP contribution is 2.48. The van der Waals surface area contributed by atoms with Gasteiger partial charge in [-0.15, -0.1) is 11.3 Å². The number of guanidine groups is 1. The van der Waals surface area contributed by atoms with Crippen LogP contribution in [0.4, 0.5) is 33.3 Å². The van der Waals surface area contributed by atoms with Crippen LogP contribution in [0.25, 0.3) is 0 Å². The summed E-state index contributed by atoms with van der Waals surface area (Å²) in [5.41, 5.74) is -1.80. The van der Waals surface area contributed by atoms with Crippen LogP contribution >= 0.6 is 11.3 Å². The van der Waals surface area contributed by atoms with E-state index < -0.39 is 41.7 Å². The first kappa shape index (κ1) is 26.9.